The maximum Gasteiger partial charge on any atom is 0.148 e. The molecule has 0 N–H and O–H groups in total. The summed E-state index contributed by atoms with van der Waals surface area (Å²) in [4.78, 5) is 4.77. The van der Waals surface area contributed by atoms with Gasteiger partial charge >= 0.3 is 0 Å². The van der Waals surface area contributed by atoms with Gasteiger partial charge in [0.1, 0.15) is 30.5 Å². The Bertz CT molecular complexity index is 1140. The molecule has 0 aliphatic carbocycles. The van der Waals surface area contributed by atoms with E-state index < -0.39 is 0 Å². The lowest BCUT2D eigenvalue weighted by atomic mass is 10.0. The highest BCUT2D eigenvalue weighted by molar-refractivity contribution is 6.32. The van der Waals surface area contributed by atoms with E-state index in [2.05, 4.69) is 36.6 Å². The summed E-state index contributed by atoms with van der Waals surface area (Å²) in [5.74, 6) is 2.84. The Morgan fingerprint density at radius 3 is 2.37 bits per heavy atom. The van der Waals surface area contributed by atoms with Gasteiger partial charge in [-0.15, -0.1) is 0 Å². The molecule has 154 valence electrons. The van der Waals surface area contributed by atoms with E-state index in [1.54, 1.807) is 0 Å². The highest BCUT2D eigenvalue weighted by Gasteiger charge is 2.13. The summed E-state index contributed by atoms with van der Waals surface area (Å²) < 4.78 is 14.3. The zero-order valence-corrected chi connectivity index (χ0v) is 18.0. The average Bonchev–Trinajstić information content (AvgIpc) is 3.11. The zero-order chi connectivity index (χ0) is 20.9. The van der Waals surface area contributed by atoms with Gasteiger partial charge in [-0.1, -0.05) is 67.9 Å². The molecule has 1 aromatic heterocycles. The minimum atomic E-state index is 0.334. The molecule has 0 saturated carbocycles. The lowest BCUT2D eigenvalue weighted by Gasteiger charge is -2.15. The quantitative estimate of drug-likeness (QED) is 0.327. The first-order valence-electron chi connectivity index (χ1n) is 10.2. The third kappa shape index (κ3) is 4.44. The van der Waals surface area contributed by atoms with E-state index in [1.165, 1.54) is 5.56 Å². The fourth-order valence-corrected chi connectivity index (χ4v) is 3.72. The van der Waals surface area contributed by atoms with Crippen molar-refractivity contribution in [3.8, 4) is 11.5 Å². The molecule has 0 fully saturated rings. The normalized spacial score (nSPS) is 11.2. The van der Waals surface area contributed by atoms with Crippen LogP contribution in [0.25, 0.3) is 11.0 Å². The lowest BCUT2D eigenvalue weighted by molar-refractivity contribution is 0.271. The third-order valence-electron chi connectivity index (χ3n) is 5.04. The molecule has 0 atom stereocenters. The van der Waals surface area contributed by atoms with Crippen LogP contribution in [0.1, 0.15) is 31.2 Å². The molecule has 0 radical (unpaired) electrons. The number of imidazole rings is 1. The van der Waals surface area contributed by atoms with E-state index in [4.69, 9.17) is 26.1 Å². The van der Waals surface area contributed by atoms with E-state index in [9.17, 15) is 0 Å². The van der Waals surface area contributed by atoms with Crippen LogP contribution in [0.3, 0.4) is 0 Å². The van der Waals surface area contributed by atoms with Crippen LogP contribution in [0.15, 0.2) is 72.8 Å². The molecule has 1 heterocycles. The summed E-state index contributed by atoms with van der Waals surface area (Å²) in [6.07, 6.45) is 0. The lowest BCUT2D eigenvalue weighted by Crippen LogP contribution is -2.13. The summed E-state index contributed by atoms with van der Waals surface area (Å²) in [5.41, 5.74) is 3.23. The monoisotopic (exact) mass is 420 g/mol. The number of hydrogen-bond donors (Lipinski definition) is 0. The van der Waals surface area contributed by atoms with Gasteiger partial charge in [-0.3, -0.25) is 0 Å². The molecule has 0 aliphatic rings. The van der Waals surface area contributed by atoms with Crippen molar-refractivity contribution in [1.82, 2.24) is 9.55 Å². The van der Waals surface area contributed by atoms with Crippen molar-refractivity contribution in [3.05, 3.63) is 89.2 Å². The summed E-state index contributed by atoms with van der Waals surface area (Å²) in [7, 11) is 0. The zero-order valence-electron chi connectivity index (χ0n) is 17.2. The van der Waals surface area contributed by atoms with Gasteiger partial charge in [0, 0.05) is 0 Å². The third-order valence-corrected chi connectivity index (χ3v) is 5.35. The Balaban J connectivity index is 1.53. The maximum atomic E-state index is 6.23. The molecule has 0 saturated heterocycles. The van der Waals surface area contributed by atoms with Gasteiger partial charge < -0.3 is 14.0 Å². The Morgan fingerprint density at radius 1 is 0.867 bits per heavy atom. The largest absolute Gasteiger partial charge is 0.491 e. The molecule has 0 bridgehead atoms. The van der Waals surface area contributed by atoms with E-state index in [1.807, 2.05) is 54.6 Å². The van der Waals surface area contributed by atoms with Crippen LogP contribution < -0.4 is 9.47 Å². The number of hydrogen-bond acceptors (Lipinski definition) is 3. The smallest absolute Gasteiger partial charge is 0.148 e. The second kappa shape index (κ2) is 9.23. The van der Waals surface area contributed by atoms with Crippen molar-refractivity contribution in [2.75, 3.05) is 6.61 Å². The van der Waals surface area contributed by atoms with Crippen molar-refractivity contribution in [2.24, 2.45) is 0 Å². The molecule has 4 nitrogen and oxygen atoms in total. The van der Waals surface area contributed by atoms with Crippen LogP contribution in [0.4, 0.5) is 0 Å². The molecule has 3 aromatic carbocycles. The predicted octanol–water partition coefficient (Wildman–Crippen LogP) is 6.47. The van der Waals surface area contributed by atoms with E-state index >= 15 is 0 Å². The fourth-order valence-electron chi connectivity index (χ4n) is 3.53. The summed E-state index contributed by atoms with van der Waals surface area (Å²) >= 11 is 6.23. The van der Waals surface area contributed by atoms with E-state index in [0.717, 1.165) is 22.6 Å². The van der Waals surface area contributed by atoms with Crippen LogP contribution >= 0.6 is 11.6 Å². The molecular formula is C25H25ClN2O2. The number of aromatic nitrogens is 2. The molecule has 30 heavy (non-hydrogen) atoms. The molecule has 5 heteroatoms. The van der Waals surface area contributed by atoms with Gasteiger partial charge in [0.2, 0.25) is 0 Å². The standard InChI is InChI=1S/C25H25ClN2O2/c1-18(2)19-9-3-7-13-23(19)29-16-15-28-22-12-6-5-11-21(22)27-25(28)17-30-24-14-8-4-10-20(24)26/h3-14,18H,15-17H2,1-2H3. The Hall–Kier alpha value is -2.98. The number of para-hydroxylation sites is 4. The molecule has 0 aliphatic heterocycles. The number of halogens is 1. The van der Waals surface area contributed by atoms with Crippen molar-refractivity contribution in [1.29, 1.82) is 0 Å². The number of fused-ring (bicyclic) bond motifs is 1. The Labute approximate surface area is 182 Å². The SMILES string of the molecule is CC(C)c1ccccc1OCCn1c(COc2ccccc2Cl)nc2ccccc21. The van der Waals surface area contributed by atoms with Crippen LogP contribution in [0.5, 0.6) is 11.5 Å². The van der Waals surface area contributed by atoms with Crippen molar-refractivity contribution in [2.45, 2.75) is 32.9 Å². The van der Waals surface area contributed by atoms with Gasteiger partial charge in [-0.2, -0.15) is 0 Å². The Morgan fingerprint density at radius 2 is 1.57 bits per heavy atom. The number of benzene rings is 3. The molecule has 4 aromatic rings. The van der Waals surface area contributed by atoms with Crippen LogP contribution in [0, 0.1) is 0 Å². The first-order chi connectivity index (χ1) is 14.6. The van der Waals surface area contributed by atoms with Crippen molar-refractivity contribution < 1.29 is 9.47 Å². The average molecular weight is 421 g/mol. The Kier molecular flexibility index (Phi) is 6.24. The highest BCUT2D eigenvalue weighted by atomic mass is 35.5. The molecular weight excluding hydrogens is 396 g/mol. The van der Waals surface area contributed by atoms with Crippen LogP contribution in [-0.4, -0.2) is 16.2 Å². The number of rotatable bonds is 8. The van der Waals surface area contributed by atoms with Crippen LogP contribution in [0.2, 0.25) is 5.02 Å². The van der Waals surface area contributed by atoms with Gasteiger partial charge in [0.25, 0.3) is 0 Å². The minimum Gasteiger partial charge on any atom is -0.491 e. The number of ether oxygens (including phenoxy) is 2. The minimum absolute atomic E-state index is 0.334. The molecule has 0 spiro atoms. The summed E-state index contributed by atoms with van der Waals surface area (Å²) in [6, 6.07) is 23.8. The van der Waals surface area contributed by atoms with Gasteiger partial charge in [-0.25, -0.2) is 4.98 Å². The predicted molar refractivity (Wildman–Crippen MR) is 122 cm³/mol. The van der Waals surface area contributed by atoms with Gasteiger partial charge in [0.15, 0.2) is 0 Å². The first kappa shape index (κ1) is 20.3. The maximum absolute atomic E-state index is 6.23. The first-order valence-corrected chi connectivity index (χ1v) is 10.5. The summed E-state index contributed by atoms with van der Waals surface area (Å²) in [6.45, 7) is 5.91. The number of nitrogens with zero attached hydrogens (tertiary/aromatic N) is 2. The summed E-state index contributed by atoms with van der Waals surface area (Å²) in [5, 5.41) is 0.591. The van der Waals surface area contributed by atoms with Crippen molar-refractivity contribution >= 4 is 22.6 Å². The van der Waals surface area contributed by atoms with E-state index in [-0.39, 0.29) is 0 Å². The van der Waals surface area contributed by atoms with Crippen LogP contribution in [-0.2, 0) is 13.2 Å². The van der Waals surface area contributed by atoms with Gasteiger partial charge in [0.05, 0.1) is 22.6 Å². The van der Waals surface area contributed by atoms with Crippen molar-refractivity contribution in [3.63, 3.8) is 0 Å². The molecule has 0 amide bonds. The van der Waals surface area contributed by atoms with Gasteiger partial charge in [-0.05, 0) is 41.8 Å². The second-order valence-electron chi connectivity index (χ2n) is 7.43. The topological polar surface area (TPSA) is 36.3 Å². The second-order valence-corrected chi connectivity index (χ2v) is 7.84. The molecule has 0 unspecified atom stereocenters. The fraction of sp³-hybridized carbons (Fsp3) is 0.240. The van der Waals surface area contributed by atoms with E-state index in [0.29, 0.717) is 36.4 Å². The molecule has 4 rings (SSSR count). The highest BCUT2D eigenvalue weighted by Crippen LogP contribution is 2.27.